The Morgan fingerprint density at radius 1 is 1.43 bits per heavy atom. The molecule has 0 unspecified atom stereocenters. The van der Waals surface area contributed by atoms with E-state index in [1.807, 2.05) is 13.8 Å². The number of para-hydroxylation sites is 1. The lowest BCUT2D eigenvalue weighted by Gasteiger charge is -2.38. The summed E-state index contributed by atoms with van der Waals surface area (Å²) < 4.78 is 5.40. The molecule has 148 valence electrons. The molecule has 1 fully saturated rings. The predicted octanol–water partition coefficient (Wildman–Crippen LogP) is 3.44. The molecule has 2 aliphatic rings. The van der Waals surface area contributed by atoms with E-state index >= 15 is 0 Å². The van der Waals surface area contributed by atoms with Gasteiger partial charge in [-0.2, -0.15) is 0 Å². The van der Waals surface area contributed by atoms with E-state index in [9.17, 15) is 19.7 Å². The molecule has 1 saturated heterocycles. The van der Waals surface area contributed by atoms with Crippen molar-refractivity contribution in [3.8, 4) is 0 Å². The Labute approximate surface area is 166 Å². The third-order valence-corrected chi connectivity index (χ3v) is 5.36. The van der Waals surface area contributed by atoms with Crippen molar-refractivity contribution < 1.29 is 19.2 Å². The van der Waals surface area contributed by atoms with Gasteiger partial charge in [0.05, 0.1) is 28.4 Å². The summed E-state index contributed by atoms with van der Waals surface area (Å²) in [6.45, 7) is 5.70. The van der Waals surface area contributed by atoms with Crippen molar-refractivity contribution >= 4 is 34.5 Å². The Balaban J connectivity index is 2.16. The SMILES string of the molecule is CC1=C(C(=O)OCC(C)C)[C@@H](c2ccccc2[N+](=O)[O-])N2C(=O)CCSC2=N1. The summed E-state index contributed by atoms with van der Waals surface area (Å²) >= 11 is 1.40. The predicted molar refractivity (Wildman–Crippen MR) is 106 cm³/mol. The number of ether oxygens (including phenoxy) is 1. The largest absolute Gasteiger partial charge is 0.462 e. The second-order valence-corrected chi connectivity index (χ2v) is 8.03. The highest BCUT2D eigenvalue weighted by molar-refractivity contribution is 8.14. The first-order valence-corrected chi connectivity index (χ1v) is 9.94. The Bertz CT molecular complexity index is 893. The molecule has 0 N–H and O–H groups in total. The van der Waals surface area contributed by atoms with Crippen LogP contribution in [0.15, 0.2) is 40.5 Å². The summed E-state index contributed by atoms with van der Waals surface area (Å²) in [5.41, 5.74) is 0.686. The number of fused-ring (bicyclic) bond motifs is 1. The van der Waals surface area contributed by atoms with Gasteiger partial charge >= 0.3 is 5.97 Å². The van der Waals surface area contributed by atoms with Gasteiger partial charge in [-0.1, -0.05) is 37.7 Å². The number of hydrogen-bond donors (Lipinski definition) is 0. The number of amides is 1. The van der Waals surface area contributed by atoms with Crippen LogP contribution in [0, 0.1) is 16.0 Å². The molecule has 1 aromatic carbocycles. The fourth-order valence-corrected chi connectivity index (χ4v) is 4.16. The van der Waals surface area contributed by atoms with Crippen LogP contribution in [-0.4, -0.2) is 39.2 Å². The van der Waals surface area contributed by atoms with Crippen molar-refractivity contribution in [1.29, 1.82) is 0 Å². The van der Waals surface area contributed by atoms with Gasteiger partial charge in [-0.15, -0.1) is 0 Å². The number of allylic oxidation sites excluding steroid dienone is 1. The van der Waals surface area contributed by atoms with Crippen molar-refractivity contribution in [1.82, 2.24) is 4.90 Å². The number of thioether (sulfide) groups is 1. The number of nitrogens with zero attached hydrogens (tertiary/aromatic N) is 3. The van der Waals surface area contributed by atoms with Crippen molar-refractivity contribution in [2.75, 3.05) is 12.4 Å². The van der Waals surface area contributed by atoms with E-state index in [1.165, 1.54) is 22.7 Å². The normalized spacial score (nSPS) is 19.4. The molecule has 2 aliphatic heterocycles. The Morgan fingerprint density at radius 3 is 2.82 bits per heavy atom. The van der Waals surface area contributed by atoms with Gasteiger partial charge in [0.2, 0.25) is 5.91 Å². The molecule has 0 saturated carbocycles. The van der Waals surface area contributed by atoms with Gasteiger partial charge in [-0.05, 0) is 18.9 Å². The summed E-state index contributed by atoms with van der Waals surface area (Å²) in [7, 11) is 0. The number of aliphatic imine (C=N–C) groups is 1. The first-order valence-electron chi connectivity index (χ1n) is 8.96. The molecule has 3 rings (SSSR count). The topological polar surface area (TPSA) is 102 Å². The first kappa shape index (κ1) is 20.1. The van der Waals surface area contributed by atoms with Gasteiger partial charge in [0.1, 0.15) is 6.04 Å². The molecule has 9 heteroatoms. The third-order valence-electron chi connectivity index (χ3n) is 4.40. The molecule has 28 heavy (non-hydrogen) atoms. The average molecular weight is 403 g/mol. The molecule has 1 atom stereocenters. The molecule has 0 aromatic heterocycles. The van der Waals surface area contributed by atoms with Crippen LogP contribution in [0.25, 0.3) is 0 Å². The smallest absolute Gasteiger partial charge is 0.338 e. The summed E-state index contributed by atoms with van der Waals surface area (Å²) in [5.74, 6) is -0.120. The maximum absolute atomic E-state index is 12.9. The number of nitro groups is 1. The van der Waals surface area contributed by atoms with Gasteiger partial charge < -0.3 is 4.74 Å². The second kappa shape index (κ2) is 8.14. The summed E-state index contributed by atoms with van der Waals surface area (Å²) in [6.07, 6.45) is 0.272. The fourth-order valence-electron chi connectivity index (χ4n) is 3.16. The van der Waals surface area contributed by atoms with E-state index in [0.717, 1.165) is 0 Å². The number of carbonyl (C=O) groups is 2. The van der Waals surface area contributed by atoms with Gasteiger partial charge in [0.15, 0.2) is 5.17 Å². The molecule has 8 nitrogen and oxygen atoms in total. The van der Waals surface area contributed by atoms with Crippen molar-refractivity contribution in [3.63, 3.8) is 0 Å². The quantitative estimate of drug-likeness (QED) is 0.424. The fraction of sp³-hybridized carbons (Fsp3) is 0.421. The zero-order valence-electron chi connectivity index (χ0n) is 15.9. The zero-order chi connectivity index (χ0) is 20.4. The Morgan fingerprint density at radius 2 is 2.14 bits per heavy atom. The van der Waals surface area contributed by atoms with Crippen LogP contribution in [0.5, 0.6) is 0 Å². The maximum Gasteiger partial charge on any atom is 0.338 e. The van der Waals surface area contributed by atoms with Crippen LogP contribution in [0.4, 0.5) is 5.69 Å². The van der Waals surface area contributed by atoms with Gasteiger partial charge in [0, 0.05) is 18.2 Å². The number of amidine groups is 1. The van der Waals surface area contributed by atoms with E-state index in [4.69, 9.17) is 4.74 Å². The molecule has 1 aromatic rings. The third kappa shape index (κ3) is 3.80. The lowest BCUT2D eigenvalue weighted by molar-refractivity contribution is -0.385. The summed E-state index contributed by atoms with van der Waals surface area (Å²) in [4.78, 5) is 42.6. The van der Waals surface area contributed by atoms with Crippen LogP contribution in [0.2, 0.25) is 0 Å². The number of esters is 1. The molecule has 0 spiro atoms. The Hall–Kier alpha value is -2.68. The number of benzene rings is 1. The van der Waals surface area contributed by atoms with Gasteiger partial charge in [0.25, 0.3) is 5.69 Å². The molecular formula is C19H21N3O5S. The van der Waals surface area contributed by atoms with E-state index in [0.29, 0.717) is 16.6 Å². The van der Waals surface area contributed by atoms with E-state index in [2.05, 4.69) is 4.99 Å². The van der Waals surface area contributed by atoms with E-state index in [-0.39, 0.29) is 41.7 Å². The van der Waals surface area contributed by atoms with Crippen LogP contribution in [-0.2, 0) is 14.3 Å². The number of rotatable bonds is 5. The standard InChI is InChI=1S/C19H21N3O5S/c1-11(2)10-27-18(24)16-12(3)20-19-21(15(23)8-9-28-19)17(16)13-6-4-5-7-14(13)22(25)26/h4-7,11,17H,8-10H2,1-3H3/t17-/m1/s1. The Kier molecular flexibility index (Phi) is 5.83. The highest BCUT2D eigenvalue weighted by Crippen LogP contribution is 2.43. The molecule has 0 radical (unpaired) electrons. The minimum absolute atomic E-state index is 0.129. The molecule has 2 heterocycles. The lowest BCUT2D eigenvalue weighted by Crippen LogP contribution is -2.46. The minimum atomic E-state index is -0.936. The van der Waals surface area contributed by atoms with Crippen molar-refractivity contribution in [2.45, 2.75) is 33.2 Å². The molecule has 0 bridgehead atoms. The van der Waals surface area contributed by atoms with Crippen LogP contribution < -0.4 is 0 Å². The highest BCUT2D eigenvalue weighted by atomic mass is 32.2. The highest BCUT2D eigenvalue weighted by Gasteiger charge is 2.44. The van der Waals surface area contributed by atoms with Crippen LogP contribution >= 0.6 is 11.8 Å². The number of hydrogen-bond acceptors (Lipinski definition) is 7. The maximum atomic E-state index is 12.9. The monoisotopic (exact) mass is 403 g/mol. The number of carbonyl (C=O) groups excluding carboxylic acids is 2. The average Bonchev–Trinajstić information content (AvgIpc) is 2.65. The molecule has 0 aliphatic carbocycles. The van der Waals surface area contributed by atoms with Crippen LogP contribution in [0.3, 0.4) is 0 Å². The molecular weight excluding hydrogens is 382 g/mol. The van der Waals surface area contributed by atoms with Crippen molar-refractivity contribution in [2.24, 2.45) is 10.9 Å². The second-order valence-electron chi connectivity index (χ2n) is 6.97. The van der Waals surface area contributed by atoms with E-state index in [1.54, 1.807) is 25.1 Å². The van der Waals surface area contributed by atoms with E-state index < -0.39 is 16.9 Å². The molecule has 1 amide bonds. The summed E-state index contributed by atoms with van der Waals surface area (Å²) in [6, 6.07) is 5.21. The zero-order valence-corrected chi connectivity index (χ0v) is 16.7. The lowest BCUT2D eigenvalue weighted by atomic mass is 9.93. The number of nitro benzene ring substituents is 1. The first-order chi connectivity index (χ1) is 13.3. The van der Waals surface area contributed by atoms with Gasteiger partial charge in [-0.3, -0.25) is 19.8 Å². The van der Waals surface area contributed by atoms with Crippen LogP contribution in [0.1, 0.15) is 38.8 Å². The summed E-state index contributed by atoms with van der Waals surface area (Å²) in [5, 5.41) is 12.1. The van der Waals surface area contributed by atoms with Crippen molar-refractivity contribution in [3.05, 3.63) is 51.2 Å². The minimum Gasteiger partial charge on any atom is -0.462 e. The van der Waals surface area contributed by atoms with Gasteiger partial charge in [-0.25, -0.2) is 9.79 Å².